The molecule has 1 aromatic rings. The molecule has 0 saturated carbocycles. The molecule has 22 heavy (non-hydrogen) atoms. The van der Waals surface area contributed by atoms with Crippen LogP contribution in [-0.4, -0.2) is 20.3 Å². The average molecular weight is 368 g/mol. The molecule has 2 rings (SSSR count). The molecule has 0 saturated heterocycles. The Labute approximate surface area is 142 Å². The van der Waals surface area contributed by atoms with E-state index >= 15 is 0 Å². The summed E-state index contributed by atoms with van der Waals surface area (Å²) in [6.45, 7) is 4.49. The molecule has 0 heterocycles. The van der Waals surface area contributed by atoms with Crippen LogP contribution in [0.4, 0.5) is 0 Å². The molecule has 1 N–H and O–H groups in total. The molecule has 0 atom stereocenters. The molecule has 4 heteroatoms. The molecule has 3 nitrogen and oxygen atoms in total. The highest BCUT2D eigenvalue weighted by atomic mass is 79.9. The van der Waals surface area contributed by atoms with Gasteiger partial charge in [0, 0.05) is 6.54 Å². The molecule has 0 bridgehead atoms. The van der Waals surface area contributed by atoms with Crippen molar-refractivity contribution in [2.75, 3.05) is 20.3 Å². The normalized spacial score (nSPS) is 14.6. The Morgan fingerprint density at radius 2 is 2.14 bits per heavy atom. The third kappa shape index (κ3) is 5.03. The van der Waals surface area contributed by atoms with Gasteiger partial charge in [0.05, 0.1) is 18.2 Å². The summed E-state index contributed by atoms with van der Waals surface area (Å²) in [4.78, 5) is 0. The van der Waals surface area contributed by atoms with Crippen molar-refractivity contribution in [3.63, 3.8) is 0 Å². The number of ether oxygens (including phenoxy) is 2. The minimum absolute atomic E-state index is 0.633. The third-order valence-corrected chi connectivity index (χ3v) is 4.50. The largest absolute Gasteiger partial charge is 0.492 e. The van der Waals surface area contributed by atoms with Crippen LogP contribution >= 0.6 is 15.9 Å². The number of benzene rings is 1. The van der Waals surface area contributed by atoms with Crippen LogP contribution in [0.1, 0.15) is 44.6 Å². The Balaban J connectivity index is 1.88. The van der Waals surface area contributed by atoms with Gasteiger partial charge in [-0.2, -0.15) is 0 Å². The number of methoxy groups -OCH3 is 1. The first kappa shape index (κ1) is 17.4. The molecule has 0 radical (unpaired) electrons. The second-order valence-electron chi connectivity index (χ2n) is 5.58. The number of nitrogens with one attached hydrogen (secondary N) is 1. The van der Waals surface area contributed by atoms with E-state index in [1.54, 1.807) is 12.7 Å². The molecule has 0 aromatic heterocycles. The van der Waals surface area contributed by atoms with E-state index < -0.39 is 0 Å². The molecule has 0 aliphatic heterocycles. The average Bonchev–Trinajstić information content (AvgIpc) is 2.53. The number of hydrogen-bond acceptors (Lipinski definition) is 3. The van der Waals surface area contributed by atoms with Gasteiger partial charge in [0.1, 0.15) is 0 Å². The molecule has 0 spiro atoms. The third-order valence-electron chi connectivity index (χ3n) is 3.91. The van der Waals surface area contributed by atoms with E-state index in [9.17, 15) is 0 Å². The van der Waals surface area contributed by atoms with Crippen LogP contribution in [0.25, 0.3) is 0 Å². The van der Waals surface area contributed by atoms with Crippen LogP contribution in [0.15, 0.2) is 28.3 Å². The highest BCUT2D eigenvalue weighted by Crippen LogP contribution is 2.36. The zero-order valence-electron chi connectivity index (χ0n) is 13.6. The Hall–Kier alpha value is -1.00. The van der Waals surface area contributed by atoms with Gasteiger partial charge in [-0.25, -0.2) is 0 Å². The summed E-state index contributed by atoms with van der Waals surface area (Å²) in [6, 6.07) is 4.15. The van der Waals surface area contributed by atoms with Gasteiger partial charge in [-0.3, -0.25) is 0 Å². The highest BCUT2D eigenvalue weighted by molar-refractivity contribution is 9.10. The van der Waals surface area contributed by atoms with E-state index in [1.165, 1.54) is 31.2 Å². The number of halogens is 1. The topological polar surface area (TPSA) is 30.5 Å². The van der Waals surface area contributed by atoms with E-state index in [4.69, 9.17) is 9.47 Å². The smallest absolute Gasteiger partial charge is 0.174 e. The maximum Gasteiger partial charge on any atom is 0.174 e. The van der Waals surface area contributed by atoms with Gasteiger partial charge >= 0.3 is 0 Å². The summed E-state index contributed by atoms with van der Waals surface area (Å²) in [5.41, 5.74) is 2.82. The molecule has 122 valence electrons. The van der Waals surface area contributed by atoms with E-state index in [0.717, 1.165) is 35.5 Å². The first-order valence-electron chi connectivity index (χ1n) is 8.12. The number of hydrogen-bond donors (Lipinski definition) is 1. The lowest BCUT2D eigenvalue weighted by Crippen LogP contribution is -2.16. The molecule has 0 amide bonds. The predicted octanol–water partition coefficient (Wildman–Crippen LogP) is 4.84. The predicted molar refractivity (Wildman–Crippen MR) is 94.7 cm³/mol. The van der Waals surface area contributed by atoms with Gasteiger partial charge in [-0.05, 0) is 79.2 Å². The van der Waals surface area contributed by atoms with Gasteiger partial charge in [-0.1, -0.05) is 11.6 Å². The van der Waals surface area contributed by atoms with Crippen molar-refractivity contribution in [3.8, 4) is 11.5 Å². The SMILES string of the molecule is CCOc1cc(CNCCC2=CCCCC2)cc(Br)c1OC. The fourth-order valence-corrected chi connectivity index (χ4v) is 3.45. The summed E-state index contributed by atoms with van der Waals surface area (Å²) in [5, 5.41) is 3.52. The van der Waals surface area contributed by atoms with Crippen LogP contribution in [-0.2, 0) is 6.54 Å². The quantitative estimate of drug-likeness (QED) is 0.526. The first-order valence-corrected chi connectivity index (χ1v) is 8.91. The van der Waals surface area contributed by atoms with Gasteiger partial charge in [0.15, 0.2) is 11.5 Å². The van der Waals surface area contributed by atoms with Crippen molar-refractivity contribution in [2.24, 2.45) is 0 Å². The van der Waals surface area contributed by atoms with Crippen molar-refractivity contribution in [1.82, 2.24) is 5.32 Å². The Morgan fingerprint density at radius 1 is 1.27 bits per heavy atom. The van der Waals surface area contributed by atoms with Crippen molar-refractivity contribution >= 4 is 15.9 Å². The van der Waals surface area contributed by atoms with Crippen LogP contribution < -0.4 is 14.8 Å². The fourth-order valence-electron chi connectivity index (χ4n) is 2.80. The number of allylic oxidation sites excluding steroid dienone is 1. The summed E-state index contributed by atoms with van der Waals surface area (Å²) in [7, 11) is 1.67. The molecular weight excluding hydrogens is 342 g/mol. The molecule has 0 fully saturated rings. The monoisotopic (exact) mass is 367 g/mol. The van der Waals surface area contributed by atoms with Crippen LogP contribution in [0.3, 0.4) is 0 Å². The molecular formula is C18H26BrNO2. The van der Waals surface area contributed by atoms with Gasteiger partial charge in [0.25, 0.3) is 0 Å². The maximum atomic E-state index is 5.66. The van der Waals surface area contributed by atoms with E-state index in [0.29, 0.717) is 6.61 Å². The summed E-state index contributed by atoms with van der Waals surface area (Å²) >= 11 is 3.56. The zero-order chi connectivity index (χ0) is 15.8. The van der Waals surface area contributed by atoms with Crippen molar-refractivity contribution in [3.05, 3.63) is 33.8 Å². The van der Waals surface area contributed by atoms with Crippen molar-refractivity contribution in [1.29, 1.82) is 0 Å². The first-order chi connectivity index (χ1) is 10.7. The Bertz CT molecular complexity index is 514. The molecule has 1 aliphatic carbocycles. The minimum Gasteiger partial charge on any atom is -0.492 e. The van der Waals surface area contributed by atoms with Gasteiger partial charge in [0.2, 0.25) is 0 Å². The highest BCUT2D eigenvalue weighted by Gasteiger charge is 2.11. The summed E-state index contributed by atoms with van der Waals surface area (Å²) in [5.74, 6) is 1.56. The lowest BCUT2D eigenvalue weighted by Gasteiger charge is -2.15. The Morgan fingerprint density at radius 3 is 2.82 bits per heavy atom. The molecule has 1 aliphatic rings. The standard InChI is InChI=1S/C18H26BrNO2/c1-3-22-17-12-15(11-16(19)18(17)21-2)13-20-10-9-14-7-5-4-6-8-14/h7,11-12,20H,3-6,8-10,13H2,1-2H3. The zero-order valence-corrected chi connectivity index (χ0v) is 15.2. The van der Waals surface area contributed by atoms with Crippen molar-refractivity contribution in [2.45, 2.75) is 45.6 Å². The summed E-state index contributed by atoms with van der Waals surface area (Å²) < 4.78 is 12.0. The fraction of sp³-hybridized carbons (Fsp3) is 0.556. The lowest BCUT2D eigenvalue weighted by molar-refractivity contribution is 0.309. The van der Waals surface area contributed by atoms with Crippen molar-refractivity contribution < 1.29 is 9.47 Å². The van der Waals surface area contributed by atoms with Crippen LogP contribution in [0, 0.1) is 0 Å². The van der Waals surface area contributed by atoms with E-state index in [-0.39, 0.29) is 0 Å². The molecule has 1 aromatic carbocycles. The van der Waals surface area contributed by atoms with Gasteiger partial charge in [-0.15, -0.1) is 0 Å². The van der Waals surface area contributed by atoms with E-state index in [2.05, 4.69) is 39.5 Å². The van der Waals surface area contributed by atoms with Crippen LogP contribution in [0.2, 0.25) is 0 Å². The lowest BCUT2D eigenvalue weighted by atomic mass is 9.97. The maximum absolute atomic E-state index is 5.66. The number of rotatable bonds is 8. The van der Waals surface area contributed by atoms with Gasteiger partial charge < -0.3 is 14.8 Å². The minimum atomic E-state index is 0.633. The second-order valence-corrected chi connectivity index (χ2v) is 6.43. The second kappa shape index (κ2) is 9.21. The van der Waals surface area contributed by atoms with Crippen LogP contribution in [0.5, 0.6) is 11.5 Å². The molecule has 0 unspecified atom stereocenters. The van der Waals surface area contributed by atoms with E-state index in [1.807, 2.05) is 6.92 Å². The Kier molecular flexibility index (Phi) is 7.26. The summed E-state index contributed by atoms with van der Waals surface area (Å²) in [6.07, 6.45) is 8.84.